The van der Waals surface area contributed by atoms with E-state index in [9.17, 15) is 10.1 Å². The van der Waals surface area contributed by atoms with Gasteiger partial charge in [-0.3, -0.25) is 4.79 Å². The number of benzene rings is 2. The number of rotatable bonds is 5. The fourth-order valence-corrected chi connectivity index (χ4v) is 3.26. The van der Waals surface area contributed by atoms with Crippen molar-refractivity contribution in [3.8, 4) is 6.07 Å². The second-order valence-corrected chi connectivity index (χ2v) is 7.54. The molecule has 138 valence electrons. The molecule has 1 heterocycles. The molecule has 2 aromatic carbocycles. The smallest absolute Gasteiger partial charge is 0.240 e. The molecule has 0 bridgehead atoms. The van der Waals surface area contributed by atoms with Gasteiger partial charge in [0.2, 0.25) is 5.91 Å². The number of carbonyl (C=O) groups excluding carboxylic acids is 1. The molecule has 0 aliphatic carbocycles. The molecule has 1 N–H and O–H groups in total. The average molecular weight is 381 g/mol. The first-order valence-corrected chi connectivity index (χ1v) is 9.10. The second-order valence-electron chi connectivity index (χ2n) is 7.13. The van der Waals surface area contributed by atoms with Crippen LogP contribution < -0.4 is 5.32 Å². The van der Waals surface area contributed by atoms with Crippen LogP contribution in [0.3, 0.4) is 0 Å². The molecule has 1 aromatic heterocycles. The van der Waals surface area contributed by atoms with Crippen LogP contribution in [0.2, 0.25) is 5.02 Å². The Labute approximate surface area is 163 Å². The van der Waals surface area contributed by atoms with Crippen LogP contribution in [0.15, 0.2) is 48.8 Å². The monoisotopic (exact) mass is 380 g/mol. The van der Waals surface area contributed by atoms with Gasteiger partial charge in [-0.1, -0.05) is 41.9 Å². The number of fused-ring (bicyclic) bond motifs is 1. The predicted octanol–water partition coefficient (Wildman–Crippen LogP) is 4.37. The van der Waals surface area contributed by atoms with E-state index in [1.54, 1.807) is 17.0 Å². The maximum atomic E-state index is 12.5. The molecule has 0 saturated carbocycles. The normalized spacial score (nSPS) is 12.6. The van der Waals surface area contributed by atoms with Gasteiger partial charge in [0.05, 0.1) is 39.9 Å². The third-order valence-electron chi connectivity index (χ3n) is 4.69. The number of carbonyl (C=O) groups is 1. The third-order valence-corrected chi connectivity index (χ3v) is 5.00. The van der Waals surface area contributed by atoms with Crippen LogP contribution in [0.4, 0.5) is 0 Å². The molecule has 0 radical (unpaired) electrons. The van der Waals surface area contributed by atoms with E-state index in [-0.39, 0.29) is 18.5 Å². The zero-order chi connectivity index (χ0) is 19.6. The Kier molecular flexibility index (Phi) is 5.20. The van der Waals surface area contributed by atoms with E-state index in [1.807, 2.05) is 57.2 Å². The minimum absolute atomic E-state index is 0.122. The standard InChI is InChI=1S/C21H21ClN4O/c1-14(15-7-9-16(10-8-15)21(2,3)12-23)25-19(27)11-26-13-24-18-6-4-5-17(22)20(18)26/h4-10,13-14H,11H2,1-3H3,(H,25,27)/t14-/m1/s1. The zero-order valence-corrected chi connectivity index (χ0v) is 16.3. The lowest BCUT2D eigenvalue weighted by atomic mass is 9.85. The van der Waals surface area contributed by atoms with Crippen molar-refractivity contribution in [1.82, 2.24) is 14.9 Å². The summed E-state index contributed by atoms with van der Waals surface area (Å²) < 4.78 is 1.75. The number of imidazole rings is 1. The van der Waals surface area contributed by atoms with Gasteiger partial charge in [0, 0.05) is 0 Å². The van der Waals surface area contributed by atoms with Gasteiger partial charge in [-0.05, 0) is 44.0 Å². The topological polar surface area (TPSA) is 70.7 Å². The van der Waals surface area contributed by atoms with E-state index < -0.39 is 5.41 Å². The van der Waals surface area contributed by atoms with Crippen molar-refractivity contribution >= 4 is 28.5 Å². The SMILES string of the molecule is C[C@@H](NC(=O)Cn1cnc2cccc(Cl)c21)c1ccc(C(C)(C)C#N)cc1. The molecule has 6 heteroatoms. The highest BCUT2D eigenvalue weighted by atomic mass is 35.5. The first-order chi connectivity index (χ1) is 12.8. The van der Waals surface area contributed by atoms with E-state index >= 15 is 0 Å². The fraction of sp³-hybridized carbons (Fsp3) is 0.286. The van der Waals surface area contributed by atoms with Crippen molar-refractivity contribution in [1.29, 1.82) is 5.26 Å². The van der Waals surface area contributed by atoms with Gasteiger partial charge >= 0.3 is 0 Å². The van der Waals surface area contributed by atoms with Gasteiger partial charge < -0.3 is 9.88 Å². The highest BCUT2D eigenvalue weighted by Crippen LogP contribution is 2.24. The molecule has 3 aromatic rings. The first-order valence-electron chi connectivity index (χ1n) is 8.72. The Morgan fingerprint density at radius 1 is 1.30 bits per heavy atom. The molecule has 27 heavy (non-hydrogen) atoms. The van der Waals surface area contributed by atoms with Gasteiger partial charge in [-0.2, -0.15) is 5.26 Å². The highest BCUT2D eigenvalue weighted by Gasteiger charge is 2.20. The summed E-state index contributed by atoms with van der Waals surface area (Å²) in [6, 6.07) is 15.4. The third kappa shape index (κ3) is 3.96. The predicted molar refractivity (Wildman–Crippen MR) is 106 cm³/mol. The average Bonchev–Trinajstić information content (AvgIpc) is 3.05. The summed E-state index contributed by atoms with van der Waals surface area (Å²) in [4.78, 5) is 16.8. The molecule has 0 aliphatic heterocycles. The molecular formula is C21H21ClN4O. The maximum Gasteiger partial charge on any atom is 0.240 e. The van der Waals surface area contributed by atoms with Crippen molar-refractivity contribution in [2.75, 3.05) is 0 Å². The van der Waals surface area contributed by atoms with Crippen molar-refractivity contribution < 1.29 is 4.79 Å². The van der Waals surface area contributed by atoms with Crippen LogP contribution in [0.5, 0.6) is 0 Å². The molecule has 0 spiro atoms. The van der Waals surface area contributed by atoms with Gasteiger partial charge in [0.15, 0.2) is 0 Å². The largest absolute Gasteiger partial charge is 0.348 e. The number of nitrogens with one attached hydrogen (secondary N) is 1. The molecule has 5 nitrogen and oxygen atoms in total. The van der Waals surface area contributed by atoms with E-state index in [4.69, 9.17) is 11.6 Å². The van der Waals surface area contributed by atoms with Gasteiger partial charge in [-0.15, -0.1) is 0 Å². The number of hydrogen-bond acceptors (Lipinski definition) is 3. The summed E-state index contributed by atoms with van der Waals surface area (Å²) >= 11 is 6.24. The Morgan fingerprint density at radius 2 is 2.00 bits per heavy atom. The number of halogens is 1. The van der Waals surface area contributed by atoms with E-state index in [0.29, 0.717) is 5.02 Å². The molecule has 0 unspecified atom stereocenters. The quantitative estimate of drug-likeness (QED) is 0.714. The van der Waals surface area contributed by atoms with E-state index in [0.717, 1.165) is 22.2 Å². The molecule has 0 saturated heterocycles. The highest BCUT2D eigenvalue weighted by molar-refractivity contribution is 6.35. The zero-order valence-electron chi connectivity index (χ0n) is 15.5. The Hall–Kier alpha value is -2.84. The molecule has 0 aliphatic rings. The number of amides is 1. The number of nitrogens with zero attached hydrogens (tertiary/aromatic N) is 3. The molecule has 1 atom stereocenters. The summed E-state index contributed by atoms with van der Waals surface area (Å²) in [6.45, 7) is 5.84. The first kappa shape index (κ1) is 18.9. The Balaban J connectivity index is 1.70. The number of aromatic nitrogens is 2. The van der Waals surface area contributed by atoms with Crippen LogP contribution in [-0.4, -0.2) is 15.5 Å². The fourth-order valence-electron chi connectivity index (χ4n) is 2.98. The summed E-state index contributed by atoms with van der Waals surface area (Å²) in [5.74, 6) is -0.122. The number of nitriles is 1. The van der Waals surface area contributed by atoms with Crippen molar-refractivity contribution in [3.63, 3.8) is 0 Å². The lowest BCUT2D eigenvalue weighted by Crippen LogP contribution is -2.30. The molecular weight excluding hydrogens is 360 g/mol. The van der Waals surface area contributed by atoms with Crippen LogP contribution in [0.1, 0.15) is 37.9 Å². The van der Waals surface area contributed by atoms with Gasteiger partial charge in [0.1, 0.15) is 6.54 Å². The van der Waals surface area contributed by atoms with Crippen molar-refractivity contribution in [2.45, 2.75) is 38.8 Å². The summed E-state index contributed by atoms with van der Waals surface area (Å²) in [6.07, 6.45) is 1.62. The lowest BCUT2D eigenvalue weighted by Gasteiger charge is -2.19. The second kappa shape index (κ2) is 7.42. The number of para-hydroxylation sites is 1. The number of hydrogen-bond donors (Lipinski definition) is 1. The van der Waals surface area contributed by atoms with Crippen LogP contribution in [0, 0.1) is 11.3 Å². The Bertz CT molecular complexity index is 1010. The summed E-state index contributed by atoms with van der Waals surface area (Å²) in [5, 5.41) is 12.8. The van der Waals surface area contributed by atoms with Crippen molar-refractivity contribution in [2.24, 2.45) is 0 Å². The summed E-state index contributed by atoms with van der Waals surface area (Å²) in [7, 11) is 0. The van der Waals surface area contributed by atoms with E-state index in [1.165, 1.54) is 0 Å². The van der Waals surface area contributed by atoms with Gasteiger partial charge in [0.25, 0.3) is 0 Å². The minimum atomic E-state index is -0.535. The minimum Gasteiger partial charge on any atom is -0.348 e. The van der Waals surface area contributed by atoms with Crippen LogP contribution in [-0.2, 0) is 16.8 Å². The molecule has 0 fully saturated rings. The van der Waals surface area contributed by atoms with E-state index in [2.05, 4.69) is 16.4 Å². The van der Waals surface area contributed by atoms with Crippen LogP contribution in [0.25, 0.3) is 11.0 Å². The summed E-state index contributed by atoms with van der Waals surface area (Å²) in [5.41, 5.74) is 2.91. The maximum absolute atomic E-state index is 12.5. The van der Waals surface area contributed by atoms with Crippen molar-refractivity contribution in [3.05, 3.63) is 64.9 Å². The van der Waals surface area contributed by atoms with Crippen LogP contribution >= 0.6 is 11.6 Å². The lowest BCUT2D eigenvalue weighted by molar-refractivity contribution is -0.122. The molecule has 3 rings (SSSR count). The molecule has 1 amide bonds. The Morgan fingerprint density at radius 3 is 2.67 bits per heavy atom. The van der Waals surface area contributed by atoms with Gasteiger partial charge in [-0.25, -0.2) is 4.98 Å².